The molecular weight excluding hydrogens is 374 g/mol. The highest BCUT2D eigenvalue weighted by Gasteiger charge is 2.16. The van der Waals surface area contributed by atoms with Crippen LogP contribution in [-0.2, 0) is 11.3 Å². The number of benzene rings is 3. The predicted octanol–water partition coefficient (Wildman–Crippen LogP) is 5.62. The van der Waals surface area contributed by atoms with Crippen LogP contribution in [0.3, 0.4) is 0 Å². The molecule has 1 aliphatic rings. The summed E-state index contributed by atoms with van der Waals surface area (Å²) < 4.78 is 11.7. The van der Waals surface area contributed by atoms with Gasteiger partial charge < -0.3 is 19.2 Å². The summed E-state index contributed by atoms with van der Waals surface area (Å²) in [6.45, 7) is 9.49. The largest absolute Gasteiger partial charge is 0.456 e. The molecule has 1 N–H and O–H groups in total. The molecule has 4 aromatic rings. The third-order valence-electron chi connectivity index (χ3n) is 5.91. The highest BCUT2D eigenvalue weighted by atomic mass is 16.5. The van der Waals surface area contributed by atoms with Crippen LogP contribution in [-0.4, -0.2) is 31.4 Å². The number of rotatable bonds is 4. The quantitative estimate of drug-likeness (QED) is 0.484. The monoisotopic (exact) mass is 399 g/mol. The molecule has 0 unspecified atom stereocenters. The van der Waals surface area contributed by atoms with Crippen molar-refractivity contribution in [2.24, 2.45) is 0 Å². The lowest BCUT2D eigenvalue weighted by atomic mass is 9.97. The zero-order valence-electron chi connectivity index (χ0n) is 17.1. The van der Waals surface area contributed by atoms with E-state index in [1.807, 2.05) is 19.1 Å². The molecule has 3 aromatic carbocycles. The molecule has 4 nitrogen and oxygen atoms in total. The second-order valence-electron chi connectivity index (χ2n) is 7.87. The average molecular weight is 399 g/mol. The molecule has 0 amide bonds. The molecule has 5 rings (SSSR count). The van der Waals surface area contributed by atoms with Gasteiger partial charge in [0.15, 0.2) is 0 Å². The Kier molecular flexibility index (Phi) is 4.81. The maximum atomic E-state index is 9.76. The number of aliphatic hydroxyl groups excluding tert-OH is 1. The van der Waals surface area contributed by atoms with Gasteiger partial charge in [0.25, 0.3) is 0 Å². The summed E-state index contributed by atoms with van der Waals surface area (Å²) in [7, 11) is 0. The first-order valence-corrected chi connectivity index (χ1v) is 10.3. The number of furan rings is 1. The molecule has 2 heterocycles. The summed E-state index contributed by atoms with van der Waals surface area (Å²) in [5.41, 5.74) is 7.89. The second kappa shape index (κ2) is 7.63. The van der Waals surface area contributed by atoms with Gasteiger partial charge in [-0.05, 0) is 47.9 Å². The van der Waals surface area contributed by atoms with Gasteiger partial charge in [0.2, 0.25) is 0 Å². The van der Waals surface area contributed by atoms with Gasteiger partial charge in [-0.15, -0.1) is 0 Å². The van der Waals surface area contributed by atoms with E-state index in [9.17, 15) is 5.11 Å². The van der Waals surface area contributed by atoms with Crippen LogP contribution < -0.4 is 4.90 Å². The zero-order chi connectivity index (χ0) is 20.7. The Hall–Kier alpha value is -3.08. The van der Waals surface area contributed by atoms with Crippen molar-refractivity contribution in [2.45, 2.75) is 13.5 Å². The Morgan fingerprint density at radius 3 is 2.43 bits per heavy atom. The van der Waals surface area contributed by atoms with Crippen molar-refractivity contribution in [3.8, 4) is 11.1 Å². The van der Waals surface area contributed by atoms with Crippen LogP contribution in [0.15, 0.2) is 65.6 Å². The molecular formula is C26H25NO3. The summed E-state index contributed by atoms with van der Waals surface area (Å²) in [5.74, 6) is 0. The molecule has 0 aliphatic carbocycles. The molecule has 1 aromatic heterocycles. The fourth-order valence-electron chi connectivity index (χ4n) is 4.28. The van der Waals surface area contributed by atoms with E-state index < -0.39 is 0 Å². The van der Waals surface area contributed by atoms with Crippen LogP contribution in [0, 0.1) is 0 Å². The minimum atomic E-state index is -0.0529. The summed E-state index contributed by atoms with van der Waals surface area (Å²) in [5, 5.41) is 11.8. The van der Waals surface area contributed by atoms with Crippen LogP contribution in [0.4, 0.5) is 5.69 Å². The van der Waals surface area contributed by atoms with Crippen LogP contribution >= 0.6 is 0 Å². The van der Waals surface area contributed by atoms with E-state index in [1.165, 1.54) is 5.69 Å². The Balaban J connectivity index is 1.57. The molecule has 152 valence electrons. The topological polar surface area (TPSA) is 45.8 Å². The van der Waals surface area contributed by atoms with Gasteiger partial charge in [-0.2, -0.15) is 0 Å². The van der Waals surface area contributed by atoms with E-state index >= 15 is 0 Å². The van der Waals surface area contributed by atoms with E-state index in [2.05, 4.69) is 53.9 Å². The second-order valence-corrected chi connectivity index (χ2v) is 7.87. The van der Waals surface area contributed by atoms with Crippen LogP contribution in [0.2, 0.25) is 0 Å². The van der Waals surface area contributed by atoms with E-state index in [-0.39, 0.29) is 6.61 Å². The van der Waals surface area contributed by atoms with Crippen molar-refractivity contribution in [3.63, 3.8) is 0 Å². The number of aliphatic hydroxyl groups is 1. The van der Waals surface area contributed by atoms with Gasteiger partial charge in [-0.1, -0.05) is 42.5 Å². The molecule has 30 heavy (non-hydrogen) atoms. The van der Waals surface area contributed by atoms with Crippen LogP contribution in [0.25, 0.3) is 38.6 Å². The summed E-state index contributed by atoms with van der Waals surface area (Å²) in [6.07, 6.45) is 0. The molecule has 0 spiro atoms. The smallest absolute Gasteiger partial charge is 0.141 e. The fraction of sp³-hybridized carbons (Fsp3) is 0.231. The number of fused-ring (bicyclic) bond motifs is 3. The summed E-state index contributed by atoms with van der Waals surface area (Å²) in [6, 6.07) is 18.9. The number of morpholine rings is 1. The number of ether oxygens (including phenoxy) is 1. The molecule has 1 fully saturated rings. The van der Waals surface area contributed by atoms with Gasteiger partial charge in [0.05, 0.1) is 19.8 Å². The minimum absolute atomic E-state index is 0.0529. The third-order valence-corrected chi connectivity index (χ3v) is 5.91. The molecule has 0 atom stereocenters. The van der Waals surface area contributed by atoms with E-state index in [0.717, 1.165) is 76.1 Å². The van der Waals surface area contributed by atoms with Crippen molar-refractivity contribution < 1.29 is 14.3 Å². The predicted molar refractivity (Wildman–Crippen MR) is 123 cm³/mol. The van der Waals surface area contributed by atoms with Crippen molar-refractivity contribution in [2.75, 3.05) is 31.2 Å². The molecule has 1 aliphatic heterocycles. The maximum absolute atomic E-state index is 9.76. The van der Waals surface area contributed by atoms with E-state index in [0.29, 0.717) is 0 Å². The SMILES string of the molecule is C=C(C)c1ccc(CO)c2oc3cc(-c4ccc(N5CCOCC5)cc4)ccc3c12. The summed E-state index contributed by atoms with van der Waals surface area (Å²) in [4.78, 5) is 2.35. The molecule has 0 bridgehead atoms. The number of hydrogen-bond donors (Lipinski definition) is 1. The molecule has 0 radical (unpaired) electrons. The highest BCUT2D eigenvalue weighted by molar-refractivity contribution is 6.11. The number of hydrogen-bond acceptors (Lipinski definition) is 4. The zero-order valence-corrected chi connectivity index (χ0v) is 17.1. The fourth-order valence-corrected chi connectivity index (χ4v) is 4.28. The Morgan fingerprint density at radius 2 is 1.73 bits per heavy atom. The first-order valence-electron chi connectivity index (χ1n) is 10.3. The Bertz CT molecular complexity index is 1230. The Labute approximate surface area is 176 Å². The van der Waals surface area contributed by atoms with Gasteiger partial charge in [0, 0.05) is 35.1 Å². The lowest BCUT2D eigenvalue weighted by molar-refractivity contribution is 0.122. The number of allylic oxidation sites excluding steroid dienone is 1. The summed E-state index contributed by atoms with van der Waals surface area (Å²) >= 11 is 0. The van der Waals surface area contributed by atoms with Crippen LogP contribution in [0.5, 0.6) is 0 Å². The van der Waals surface area contributed by atoms with Gasteiger partial charge in [-0.3, -0.25) is 0 Å². The molecule has 0 saturated carbocycles. The first kappa shape index (κ1) is 18.9. The van der Waals surface area contributed by atoms with Crippen molar-refractivity contribution in [1.29, 1.82) is 0 Å². The third kappa shape index (κ3) is 3.18. The van der Waals surface area contributed by atoms with Crippen molar-refractivity contribution in [3.05, 3.63) is 72.3 Å². The standard InChI is InChI=1S/C26H25NO3/c1-17(2)22-9-6-20(16-28)26-25(22)23-10-5-19(15-24(23)30-26)18-3-7-21(8-4-18)27-11-13-29-14-12-27/h3-10,15,28H,1,11-14,16H2,2H3. The first-order chi connectivity index (χ1) is 14.7. The number of nitrogens with zero attached hydrogens (tertiary/aromatic N) is 1. The lowest BCUT2D eigenvalue weighted by Crippen LogP contribution is -2.36. The normalized spacial score (nSPS) is 14.5. The Morgan fingerprint density at radius 1 is 1.00 bits per heavy atom. The van der Waals surface area contributed by atoms with Crippen LogP contribution in [0.1, 0.15) is 18.1 Å². The van der Waals surface area contributed by atoms with E-state index in [1.54, 1.807) is 0 Å². The average Bonchev–Trinajstić information content (AvgIpc) is 3.18. The lowest BCUT2D eigenvalue weighted by Gasteiger charge is -2.28. The van der Waals surface area contributed by atoms with Gasteiger partial charge in [0.1, 0.15) is 11.2 Å². The highest BCUT2D eigenvalue weighted by Crippen LogP contribution is 2.38. The molecule has 4 heteroatoms. The van der Waals surface area contributed by atoms with Crippen molar-refractivity contribution >= 4 is 33.2 Å². The number of anilines is 1. The minimum Gasteiger partial charge on any atom is -0.456 e. The maximum Gasteiger partial charge on any atom is 0.141 e. The molecule has 1 saturated heterocycles. The van der Waals surface area contributed by atoms with Gasteiger partial charge in [-0.25, -0.2) is 0 Å². The van der Waals surface area contributed by atoms with Gasteiger partial charge >= 0.3 is 0 Å². The van der Waals surface area contributed by atoms with Crippen molar-refractivity contribution in [1.82, 2.24) is 0 Å². The van der Waals surface area contributed by atoms with E-state index in [4.69, 9.17) is 9.15 Å².